The molecule has 0 radical (unpaired) electrons. The molecule has 0 bridgehead atoms. The summed E-state index contributed by atoms with van der Waals surface area (Å²) in [7, 11) is 3.61. The van der Waals surface area contributed by atoms with E-state index < -0.39 is 0 Å². The van der Waals surface area contributed by atoms with Crippen molar-refractivity contribution in [1.82, 2.24) is 9.88 Å². The van der Waals surface area contributed by atoms with Crippen molar-refractivity contribution in [3.8, 4) is 0 Å². The zero-order valence-electron chi connectivity index (χ0n) is 12.2. The highest BCUT2D eigenvalue weighted by atomic mass is 35.5. The summed E-state index contributed by atoms with van der Waals surface area (Å²) < 4.78 is 0. The summed E-state index contributed by atoms with van der Waals surface area (Å²) in [4.78, 5) is 18.3. The van der Waals surface area contributed by atoms with E-state index in [1.54, 1.807) is 24.2 Å². The Morgan fingerprint density at radius 1 is 1.45 bits per heavy atom. The van der Waals surface area contributed by atoms with Crippen LogP contribution in [0.4, 0.5) is 5.82 Å². The minimum Gasteiger partial charge on any atom is -0.372 e. The van der Waals surface area contributed by atoms with E-state index in [1.165, 1.54) is 32.1 Å². The molecule has 1 heterocycles. The van der Waals surface area contributed by atoms with Crippen LogP contribution in [0.25, 0.3) is 0 Å². The van der Waals surface area contributed by atoms with Gasteiger partial charge in [-0.3, -0.25) is 4.79 Å². The average molecular weight is 296 g/mol. The number of halogens is 1. The van der Waals surface area contributed by atoms with Gasteiger partial charge in [0.1, 0.15) is 5.82 Å². The number of carbonyl (C=O) groups excluding carboxylic acids is 1. The van der Waals surface area contributed by atoms with E-state index in [1.807, 2.05) is 7.05 Å². The van der Waals surface area contributed by atoms with Gasteiger partial charge in [-0.25, -0.2) is 4.98 Å². The molecule has 0 saturated heterocycles. The molecule has 5 heteroatoms. The highest BCUT2D eigenvalue weighted by Crippen LogP contribution is 2.25. The molecule has 1 fully saturated rings. The van der Waals surface area contributed by atoms with Crippen LogP contribution in [-0.4, -0.2) is 36.4 Å². The van der Waals surface area contributed by atoms with E-state index in [0.717, 1.165) is 6.54 Å². The van der Waals surface area contributed by atoms with Crippen molar-refractivity contribution >= 4 is 23.3 Å². The molecule has 0 atom stereocenters. The first-order valence-electron chi connectivity index (χ1n) is 7.20. The van der Waals surface area contributed by atoms with Gasteiger partial charge < -0.3 is 10.2 Å². The summed E-state index contributed by atoms with van der Waals surface area (Å²) in [5.41, 5.74) is 0.548. The van der Waals surface area contributed by atoms with Crippen molar-refractivity contribution in [3.05, 3.63) is 22.8 Å². The van der Waals surface area contributed by atoms with Gasteiger partial charge in [-0.2, -0.15) is 0 Å². The fourth-order valence-electron chi connectivity index (χ4n) is 2.80. The van der Waals surface area contributed by atoms with Gasteiger partial charge in [-0.1, -0.05) is 30.9 Å². The van der Waals surface area contributed by atoms with Crippen LogP contribution in [0.5, 0.6) is 0 Å². The number of hydrogen-bond donors (Lipinski definition) is 1. The smallest absolute Gasteiger partial charge is 0.255 e. The first-order valence-corrected chi connectivity index (χ1v) is 7.58. The minimum absolute atomic E-state index is 0.00683. The van der Waals surface area contributed by atoms with Crippen LogP contribution in [0.15, 0.2) is 12.3 Å². The summed E-state index contributed by atoms with van der Waals surface area (Å²) in [5, 5.41) is 3.36. The Hall–Kier alpha value is -1.29. The summed E-state index contributed by atoms with van der Waals surface area (Å²) >= 11 is 6.07. The van der Waals surface area contributed by atoms with Gasteiger partial charge in [0.15, 0.2) is 0 Å². The number of hydrogen-bond acceptors (Lipinski definition) is 3. The third-order valence-electron chi connectivity index (χ3n) is 3.93. The number of anilines is 1. The zero-order valence-corrected chi connectivity index (χ0v) is 12.9. The van der Waals surface area contributed by atoms with Crippen molar-refractivity contribution in [2.45, 2.75) is 32.1 Å². The highest BCUT2D eigenvalue weighted by molar-refractivity contribution is 6.33. The second kappa shape index (κ2) is 6.93. The molecule has 2 rings (SSSR count). The molecular weight excluding hydrogens is 274 g/mol. The maximum atomic E-state index is 12.4. The van der Waals surface area contributed by atoms with Gasteiger partial charge in [0, 0.05) is 26.8 Å². The van der Waals surface area contributed by atoms with Gasteiger partial charge in [-0.15, -0.1) is 0 Å². The maximum absolute atomic E-state index is 12.4. The fourth-order valence-corrected chi connectivity index (χ4v) is 3.06. The predicted octanol–water partition coefficient (Wildman–Crippen LogP) is 3.43. The third kappa shape index (κ3) is 3.63. The average Bonchev–Trinajstić information content (AvgIpc) is 2.47. The largest absolute Gasteiger partial charge is 0.372 e. The molecule has 1 aromatic heterocycles. The van der Waals surface area contributed by atoms with Gasteiger partial charge in [-0.05, 0) is 24.8 Å². The van der Waals surface area contributed by atoms with Gasteiger partial charge in [0.25, 0.3) is 5.91 Å². The first kappa shape index (κ1) is 15.1. The molecule has 0 aromatic carbocycles. The van der Waals surface area contributed by atoms with Gasteiger partial charge in [0.05, 0.1) is 10.6 Å². The normalized spacial score (nSPS) is 15.9. The van der Waals surface area contributed by atoms with E-state index in [2.05, 4.69) is 10.3 Å². The number of rotatable bonds is 4. The molecule has 1 aliphatic rings. The molecule has 1 saturated carbocycles. The SMILES string of the molecule is CNc1ncc(C(=O)N(C)CC2CCCCC2)cc1Cl. The summed E-state index contributed by atoms with van der Waals surface area (Å²) in [6.07, 6.45) is 7.95. The fraction of sp³-hybridized carbons (Fsp3) is 0.600. The van der Waals surface area contributed by atoms with Crippen LogP contribution in [0.3, 0.4) is 0 Å². The van der Waals surface area contributed by atoms with Crippen LogP contribution in [0, 0.1) is 5.92 Å². The summed E-state index contributed by atoms with van der Waals surface area (Å²) in [6, 6.07) is 1.68. The lowest BCUT2D eigenvalue weighted by molar-refractivity contribution is 0.0760. The monoisotopic (exact) mass is 295 g/mol. The quantitative estimate of drug-likeness (QED) is 0.925. The van der Waals surface area contributed by atoms with E-state index in [0.29, 0.717) is 22.3 Å². The maximum Gasteiger partial charge on any atom is 0.255 e. The predicted molar refractivity (Wildman–Crippen MR) is 82.3 cm³/mol. The molecule has 4 nitrogen and oxygen atoms in total. The van der Waals surface area contributed by atoms with E-state index in [9.17, 15) is 4.79 Å². The van der Waals surface area contributed by atoms with E-state index in [4.69, 9.17) is 11.6 Å². The number of aromatic nitrogens is 1. The van der Waals surface area contributed by atoms with Crippen LogP contribution < -0.4 is 5.32 Å². The van der Waals surface area contributed by atoms with Crippen molar-refractivity contribution in [3.63, 3.8) is 0 Å². The van der Waals surface area contributed by atoms with E-state index >= 15 is 0 Å². The topological polar surface area (TPSA) is 45.2 Å². The summed E-state index contributed by atoms with van der Waals surface area (Å²) in [6.45, 7) is 0.824. The molecule has 1 N–H and O–H groups in total. The Labute approximate surface area is 125 Å². The number of nitrogens with zero attached hydrogens (tertiary/aromatic N) is 2. The molecule has 0 unspecified atom stereocenters. The van der Waals surface area contributed by atoms with Crippen molar-refractivity contribution in [2.24, 2.45) is 5.92 Å². The Morgan fingerprint density at radius 2 is 2.15 bits per heavy atom. The van der Waals surface area contributed by atoms with Crippen molar-refractivity contribution < 1.29 is 4.79 Å². The van der Waals surface area contributed by atoms with Crippen molar-refractivity contribution in [1.29, 1.82) is 0 Å². The third-order valence-corrected chi connectivity index (χ3v) is 4.22. The molecule has 20 heavy (non-hydrogen) atoms. The van der Waals surface area contributed by atoms with Gasteiger partial charge in [0.2, 0.25) is 0 Å². The van der Waals surface area contributed by atoms with Crippen LogP contribution in [-0.2, 0) is 0 Å². The lowest BCUT2D eigenvalue weighted by Gasteiger charge is -2.27. The molecule has 1 amide bonds. The number of carbonyl (C=O) groups is 1. The molecule has 110 valence electrons. The van der Waals surface area contributed by atoms with Crippen LogP contribution in [0.2, 0.25) is 5.02 Å². The second-order valence-corrected chi connectivity index (χ2v) is 5.90. The Morgan fingerprint density at radius 3 is 2.75 bits per heavy atom. The lowest BCUT2D eigenvalue weighted by atomic mass is 9.89. The molecule has 1 aliphatic carbocycles. The summed E-state index contributed by atoms with van der Waals surface area (Å²) in [5.74, 6) is 1.23. The standard InChI is InChI=1S/C15H22ClN3O/c1-17-14-13(16)8-12(9-18-14)15(20)19(2)10-11-6-4-3-5-7-11/h8-9,11H,3-7,10H2,1-2H3,(H,17,18). The second-order valence-electron chi connectivity index (χ2n) is 5.49. The Balaban J connectivity index is 2.00. The number of nitrogens with one attached hydrogen (secondary N) is 1. The molecule has 1 aromatic rings. The number of pyridine rings is 1. The van der Waals surface area contributed by atoms with E-state index in [-0.39, 0.29) is 5.91 Å². The van der Waals surface area contributed by atoms with Crippen LogP contribution in [0.1, 0.15) is 42.5 Å². The lowest BCUT2D eigenvalue weighted by Crippen LogP contribution is -2.32. The Bertz CT molecular complexity index is 472. The minimum atomic E-state index is -0.00683. The first-order chi connectivity index (χ1) is 9.61. The molecule has 0 spiro atoms. The molecular formula is C15H22ClN3O. The van der Waals surface area contributed by atoms with Crippen molar-refractivity contribution in [2.75, 3.05) is 26.0 Å². The number of amides is 1. The zero-order chi connectivity index (χ0) is 14.5. The van der Waals surface area contributed by atoms with Crippen LogP contribution >= 0.6 is 11.6 Å². The Kier molecular flexibility index (Phi) is 5.24. The van der Waals surface area contributed by atoms with Gasteiger partial charge >= 0.3 is 0 Å². The highest BCUT2D eigenvalue weighted by Gasteiger charge is 2.20. The molecule has 0 aliphatic heterocycles.